The van der Waals surface area contributed by atoms with Gasteiger partial charge in [-0.25, -0.2) is 0 Å². The van der Waals surface area contributed by atoms with Crippen LogP contribution in [0.15, 0.2) is 20.1 Å². The lowest BCUT2D eigenvalue weighted by atomic mass is 10.1. The van der Waals surface area contributed by atoms with Crippen LogP contribution in [0.3, 0.4) is 0 Å². The SMILES string of the molecule is O[C]1C(Cl)=C(Cl)C(Cl)=C(Cl)C1(O)Cl. The average Bonchev–Trinajstić information content (AvgIpc) is 2.09. The van der Waals surface area contributed by atoms with Crippen molar-refractivity contribution in [3.8, 4) is 0 Å². The molecule has 1 unspecified atom stereocenters. The van der Waals surface area contributed by atoms with E-state index in [9.17, 15) is 10.2 Å². The predicted octanol–water partition coefficient (Wildman–Crippen LogP) is 3.21. The van der Waals surface area contributed by atoms with E-state index >= 15 is 0 Å². The molecule has 7 heteroatoms. The number of hydrogen-bond donors (Lipinski definition) is 2. The quantitative estimate of drug-likeness (QED) is 0.670. The second-order valence-electron chi connectivity index (χ2n) is 2.23. The van der Waals surface area contributed by atoms with Crippen LogP contribution in [0.25, 0.3) is 0 Å². The first-order valence-corrected chi connectivity index (χ1v) is 4.78. The van der Waals surface area contributed by atoms with Gasteiger partial charge in [-0.3, -0.25) is 0 Å². The molecule has 0 saturated heterocycles. The monoisotopic (exact) mass is 281 g/mol. The second-order valence-corrected chi connectivity index (χ2v) is 4.29. The van der Waals surface area contributed by atoms with Crippen molar-refractivity contribution in [2.45, 2.75) is 5.06 Å². The molecule has 2 nitrogen and oxygen atoms in total. The Kier molecular flexibility index (Phi) is 3.47. The molecule has 0 spiro atoms. The van der Waals surface area contributed by atoms with Crippen LogP contribution in [0.1, 0.15) is 0 Å². The van der Waals surface area contributed by atoms with Crippen molar-refractivity contribution in [3.05, 3.63) is 26.2 Å². The van der Waals surface area contributed by atoms with Gasteiger partial charge in [0.05, 0.1) is 20.1 Å². The highest BCUT2D eigenvalue weighted by Gasteiger charge is 2.46. The molecule has 1 rings (SSSR count). The van der Waals surface area contributed by atoms with E-state index < -0.39 is 11.2 Å². The molecule has 0 bridgehead atoms. The Morgan fingerprint density at radius 1 is 0.923 bits per heavy atom. The van der Waals surface area contributed by atoms with E-state index in [1.54, 1.807) is 0 Å². The Morgan fingerprint density at radius 2 is 1.38 bits per heavy atom. The predicted molar refractivity (Wildman–Crippen MR) is 53.4 cm³/mol. The average molecular weight is 283 g/mol. The van der Waals surface area contributed by atoms with Crippen LogP contribution in [0.2, 0.25) is 0 Å². The molecular formula is C6H2Cl5O2. The Morgan fingerprint density at radius 3 is 1.85 bits per heavy atom. The first-order valence-electron chi connectivity index (χ1n) is 2.89. The van der Waals surface area contributed by atoms with E-state index in [1.165, 1.54) is 0 Å². The summed E-state index contributed by atoms with van der Waals surface area (Å²) < 4.78 is 0. The van der Waals surface area contributed by atoms with Crippen molar-refractivity contribution >= 4 is 58.0 Å². The zero-order valence-corrected chi connectivity index (χ0v) is 9.56. The summed E-state index contributed by atoms with van der Waals surface area (Å²) in [4.78, 5) is 0. The molecule has 0 heterocycles. The van der Waals surface area contributed by atoms with Gasteiger partial charge in [-0.05, 0) is 0 Å². The van der Waals surface area contributed by atoms with E-state index in [2.05, 4.69) is 0 Å². The van der Waals surface area contributed by atoms with Crippen LogP contribution in [-0.4, -0.2) is 15.3 Å². The third kappa shape index (κ3) is 1.82. The molecule has 0 fully saturated rings. The fourth-order valence-corrected chi connectivity index (χ4v) is 1.90. The van der Waals surface area contributed by atoms with Crippen molar-refractivity contribution in [3.63, 3.8) is 0 Å². The molecule has 0 aliphatic heterocycles. The van der Waals surface area contributed by atoms with Crippen LogP contribution < -0.4 is 0 Å². The summed E-state index contributed by atoms with van der Waals surface area (Å²) in [6, 6.07) is 0. The standard InChI is InChI=1S/C6H2Cl5O2/c7-1-2(8)4(10)6(11,13)5(12)3(1)9/h12-13H. The fourth-order valence-electron chi connectivity index (χ4n) is 0.691. The first kappa shape index (κ1) is 11.9. The van der Waals surface area contributed by atoms with Crippen molar-refractivity contribution in [2.75, 3.05) is 0 Å². The van der Waals surface area contributed by atoms with Gasteiger partial charge in [0.15, 0.2) is 6.10 Å². The largest absolute Gasteiger partial charge is 0.376 e. The lowest BCUT2D eigenvalue weighted by Crippen LogP contribution is -2.34. The van der Waals surface area contributed by atoms with Crippen LogP contribution in [0.5, 0.6) is 0 Å². The van der Waals surface area contributed by atoms with E-state index in [1.807, 2.05) is 0 Å². The third-order valence-corrected chi connectivity index (χ3v) is 3.73. The molecule has 0 aromatic heterocycles. The molecule has 1 aliphatic rings. The Bertz CT molecular complexity index is 306. The van der Waals surface area contributed by atoms with Gasteiger partial charge in [-0.1, -0.05) is 58.0 Å². The number of hydrogen-bond acceptors (Lipinski definition) is 2. The molecule has 13 heavy (non-hydrogen) atoms. The summed E-state index contributed by atoms with van der Waals surface area (Å²) in [6.07, 6.45) is -0.741. The van der Waals surface area contributed by atoms with Crippen LogP contribution >= 0.6 is 58.0 Å². The molecule has 73 valence electrons. The lowest BCUT2D eigenvalue weighted by Gasteiger charge is -2.29. The smallest absolute Gasteiger partial charge is 0.214 e. The molecule has 1 atom stereocenters. The molecular weight excluding hydrogens is 281 g/mol. The highest BCUT2D eigenvalue weighted by molar-refractivity contribution is 6.54. The Balaban J connectivity index is 3.32. The summed E-state index contributed by atoms with van der Waals surface area (Å²) in [5, 5.41) is 15.3. The second kappa shape index (κ2) is 3.78. The summed E-state index contributed by atoms with van der Waals surface area (Å²) in [5.74, 6) is 0. The number of rotatable bonds is 0. The Hall–Kier alpha value is 0.850. The summed E-state index contributed by atoms with van der Waals surface area (Å²) in [5.41, 5.74) is 0. The molecule has 0 saturated carbocycles. The maximum absolute atomic E-state index is 9.40. The zero-order valence-electron chi connectivity index (χ0n) is 5.78. The van der Waals surface area contributed by atoms with Gasteiger partial charge >= 0.3 is 0 Å². The van der Waals surface area contributed by atoms with E-state index in [-0.39, 0.29) is 20.1 Å². The zero-order chi connectivity index (χ0) is 10.4. The highest BCUT2D eigenvalue weighted by Crippen LogP contribution is 2.49. The van der Waals surface area contributed by atoms with Crippen LogP contribution in [-0.2, 0) is 0 Å². The molecule has 2 N–H and O–H groups in total. The van der Waals surface area contributed by atoms with Crippen LogP contribution in [0, 0.1) is 6.10 Å². The molecule has 0 aromatic carbocycles. The van der Waals surface area contributed by atoms with Gasteiger partial charge in [0.25, 0.3) is 0 Å². The van der Waals surface area contributed by atoms with Crippen molar-refractivity contribution in [2.24, 2.45) is 0 Å². The van der Waals surface area contributed by atoms with Gasteiger partial charge in [0, 0.05) is 0 Å². The minimum absolute atomic E-state index is 0.156. The number of alkyl halides is 1. The summed E-state index contributed by atoms with van der Waals surface area (Å²) in [6.45, 7) is 0. The summed E-state index contributed by atoms with van der Waals surface area (Å²) in [7, 11) is 0. The maximum Gasteiger partial charge on any atom is 0.214 e. The van der Waals surface area contributed by atoms with E-state index in [0.29, 0.717) is 0 Å². The molecule has 0 amide bonds. The van der Waals surface area contributed by atoms with Crippen LogP contribution in [0.4, 0.5) is 0 Å². The normalized spacial score (nSPS) is 31.6. The first-order chi connectivity index (χ1) is 5.80. The Labute approximate surface area is 99.3 Å². The highest BCUT2D eigenvalue weighted by atomic mass is 35.5. The minimum atomic E-state index is -2.30. The van der Waals surface area contributed by atoms with E-state index in [4.69, 9.17) is 58.0 Å². The number of aliphatic hydroxyl groups is 2. The third-order valence-electron chi connectivity index (χ3n) is 1.39. The van der Waals surface area contributed by atoms with Crippen molar-refractivity contribution in [1.82, 2.24) is 0 Å². The van der Waals surface area contributed by atoms with Crippen molar-refractivity contribution < 1.29 is 10.2 Å². The number of halogens is 5. The number of allylic oxidation sites excluding steroid dienone is 2. The number of aliphatic hydroxyl groups excluding tert-OH is 1. The lowest BCUT2D eigenvalue weighted by molar-refractivity contribution is 0.110. The van der Waals surface area contributed by atoms with Gasteiger partial charge in [0.2, 0.25) is 5.06 Å². The minimum Gasteiger partial charge on any atom is -0.376 e. The molecule has 1 radical (unpaired) electrons. The fraction of sp³-hybridized carbons (Fsp3) is 0.167. The topological polar surface area (TPSA) is 40.5 Å². The van der Waals surface area contributed by atoms with Crippen molar-refractivity contribution in [1.29, 1.82) is 0 Å². The molecule has 0 aromatic rings. The molecule has 1 aliphatic carbocycles. The van der Waals surface area contributed by atoms with Gasteiger partial charge in [-0.15, -0.1) is 0 Å². The maximum atomic E-state index is 9.40. The summed E-state index contributed by atoms with van der Waals surface area (Å²) >= 11 is 27.6. The van der Waals surface area contributed by atoms with Gasteiger partial charge in [-0.2, -0.15) is 0 Å². The van der Waals surface area contributed by atoms with Gasteiger partial charge in [0.1, 0.15) is 0 Å². The van der Waals surface area contributed by atoms with E-state index in [0.717, 1.165) is 0 Å². The van der Waals surface area contributed by atoms with Gasteiger partial charge < -0.3 is 10.2 Å².